The van der Waals surface area contributed by atoms with Gasteiger partial charge in [0.1, 0.15) is 11.3 Å². The normalized spacial score (nSPS) is 14.6. The number of carboxylic acid groups (broad SMARTS) is 1. The lowest BCUT2D eigenvalue weighted by Crippen LogP contribution is -2.04. The van der Waals surface area contributed by atoms with Crippen LogP contribution in [0.1, 0.15) is 54.3 Å². The van der Waals surface area contributed by atoms with Gasteiger partial charge in [-0.15, -0.1) is 0 Å². The zero-order valence-electron chi connectivity index (χ0n) is 12.3. The molecule has 0 bridgehead atoms. The molecule has 4 heteroatoms. The molecular weight excluding hydrogens is 266 g/mol. The van der Waals surface area contributed by atoms with Crippen LogP contribution in [0.5, 0.6) is 0 Å². The number of carboxylic acids is 1. The molecule has 21 heavy (non-hydrogen) atoms. The summed E-state index contributed by atoms with van der Waals surface area (Å²) < 4.78 is 5.35. The smallest absolute Gasteiger partial charge is 0.341 e. The first-order valence-corrected chi connectivity index (χ1v) is 7.39. The first kappa shape index (κ1) is 13.9. The Morgan fingerprint density at radius 3 is 2.71 bits per heavy atom. The van der Waals surface area contributed by atoms with Crippen molar-refractivity contribution < 1.29 is 14.4 Å². The van der Waals surface area contributed by atoms with E-state index in [2.05, 4.69) is 11.2 Å². The zero-order valence-corrected chi connectivity index (χ0v) is 12.3. The third-order valence-corrected chi connectivity index (χ3v) is 3.80. The highest BCUT2D eigenvalue weighted by Crippen LogP contribution is 2.44. The van der Waals surface area contributed by atoms with Gasteiger partial charge in [0.05, 0.1) is 0 Å². The maximum atomic E-state index is 11.7. The van der Waals surface area contributed by atoms with Crippen LogP contribution in [0.3, 0.4) is 0 Å². The molecule has 1 aliphatic rings. The van der Waals surface area contributed by atoms with Crippen LogP contribution < -0.4 is 0 Å². The van der Waals surface area contributed by atoms with E-state index in [9.17, 15) is 9.90 Å². The SMILES string of the molecule is CC(C)Cc1onc(-c2ccccc2C2CC2)c1C(=O)O. The fourth-order valence-electron chi connectivity index (χ4n) is 2.70. The van der Waals surface area contributed by atoms with E-state index in [1.807, 2.05) is 32.0 Å². The van der Waals surface area contributed by atoms with Gasteiger partial charge in [-0.1, -0.05) is 43.3 Å². The number of carbonyl (C=O) groups is 1. The van der Waals surface area contributed by atoms with Crippen LogP contribution >= 0.6 is 0 Å². The van der Waals surface area contributed by atoms with Crippen molar-refractivity contribution in [2.45, 2.75) is 39.0 Å². The summed E-state index contributed by atoms with van der Waals surface area (Å²) in [5.41, 5.74) is 2.78. The van der Waals surface area contributed by atoms with Crippen molar-refractivity contribution in [1.82, 2.24) is 5.16 Å². The van der Waals surface area contributed by atoms with Crippen LogP contribution in [-0.4, -0.2) is 16.2 Å². The Morgan fingerprint density at radius 1 is 1.38 bits per heavy atom. The van der Waals surface area contributed by atoms with Crippen LogP contribution in [0.25, 0.3) is 11.3 Å². The van der Waals surface area contributed by atoms with E-state index in [-0.39, 0.29) is 5.56 Å². The van der Waals surface area contributed by atoms with E-state index >= 15 is 0 Å². The molecule has 110 valence electrons. The monoisotopic (exact) mass is 285 g/mol. The molecule has 1 saturated carbocycles. The summed E-state index contributed by atoms with van der Waals surface area (Å²) in [4.78, 5) is 11.7. The molecule has 0 unspecified atom stereocenters. The third-order valence-electron chi connectivity index (χ3n) is 3.80. The maximum Gasteiger partial charge on any atom is 0.341 e. The highest BCUT2D eigenvalue weighted by molar-refractivity contribution is 5.96. The highest BCUT2D eigenvalue weighted by atomic mass is 16.5. The van der Waals surface area contributed by atoms with Gasteiger partial charge in [-0.05, 0) is 30.2 Å². The van der Waals surface area contributed by atoms with Crippen LogP contribution in [-0.2, 0) is 6.42 Å². The van der Waals surface area contributed by atoms with Crippen molar-refractivity contribution in [2.75, 3.05) is 0 Å². The number of aromatic carboxylic acids is 1. The number of hydrogen-bond acceptors (Lipinski definition) is 3. The van der Waals surface area contributed by atoms with E-state index in [1.165, 1.54) is 5.56 Å². The molecule has 1 aromatic heterocycles. The summed E-state index contributed by atoms with van der Waals surface area (Å²) in [6.45, 7) is 4.07. The topological polar surface area (TPSA) is 63.3 Å². The average molecular weight is 285 g/mol. The van der Waals surface area contributed by atoms with Crippen molar-refractivity contribution in [2.24, 2.45) is 5.92 Å². The Kier molecular flexibility index (Phi) is 3.53. The number of aromatic nitrogens is 1. The fraction of sp³-hybridized carbons (Fsp3) is 0.412. The molecule has 3 rings (SSSR count). The molecule has 1 heterocycles. The lowest BCUT2D eigenvalue weighted by molar-refractivity contribution is 0.0695. The molecule has 1 aromatic carbocycles. The molecular formula is C17H19NO3. The Hall–Kier alpha value is -2.10. The van der Waals surface area contributed by atoms with E-state index in [1.54, 1.807) is 0 Å². The fourth-order valence-corrected chi connectivity index (χ4v) is 2.70. The summed E-state index contributed by atoms with van der Waals surface area (Å²) in [5, 5.41) is 13.6. The van der Waals surface area contributed by atoms with Gasteiger partial charge >= 0.3 is 5.97 Å². The van der Waals surface area contributed by atoms with Gasteiger partial charge in [0.2, 0.25) is 0 Å². The largest absolute Gasteiger partial charge is 0.477 e. The molecule has 4 nitrogen and oxygen atoms in total. The van der Waals surface area contributed by atoms with Gasteiger partial charge in [0, 0.05) is 12.0 Å². The van der Waals surface area contributed by atoms with E-state index in [0.717, 1.165) is 18.4 Å². The minimum absolute atomic E-state index is 0.219. The molecule has 0 saturated heterocycles. The molecule has 0 aliphatic heterocycles. The van der Waals surface area contributed by atoms with Crippen LogP contribution in [0.15, 0.2) is 28.8 Å². The summed E-state index contributed by atoms with van der Waals surface area (Å²) in [5.74, 6) is 0.362. The van der Waals surface area contributed by atoms with Crippen LogP contribution in [0.2, 0.25) is 0 Å². The Morgan fingerprint density at radius 2 is 2.10 bits per heavy atom. The molecule has 0 spiro atoms. The van der Waals surface area contributed by atoms with E-state index < -0.39 is 5.97 Å². The Bertz CT molecular complexity index is 668. The van der Waals surface area contributed by atoms with Crippen molar-refractivity contribution in [3.05, 3.63) is 41.2 Å². The van der Waals surface area contributed by atoms with Gasteiger partial charge in [-0.2, -0.15) is 0 Å². The average Bonchev–Trinajstić information content (AvgIpc) is 3.19. The number of hydrogen-bond donors (Lipinski definition) is 1. The Labute approximate surface area is 123 Å². The zero-order chi connectivity index (χ0) is 15.0. The molecule has 0 amide bonds. The summed E-state index contributed by atoms with van der Waals surface area (Å²) in [6, 6.07) is 7.92. The van der Waals surface area contributed by atoms with Gasteiger partial charge in [-0.3, -0.25) is 0 Å². The minimum atomic E-state index is -0.965. The first-order valence-electron chi connectivity index (χ1n) is 7.39. The van der Waals surface area contributed by atoms with Gasteiger partial charge in [0.25, 0.3) is 0 Å². The lowest BCUT2D eigenvalue weighted by Gasteiger charge is -2.07. The standard InChI is InChI=1S/C17H19NO3/c1-10(2)9-14-15(17(19)20)16(18-21-14)13-6-4-3-5-12(13)11-7-8-11/h3-6,10-11H,7-9H2,1-2H3,(H,19,20). The minimum Gasteiger partial charge on any atom is -0.477 e. The maximum absolute atomic E-state index is 11.7. The van der Waals surface area contributed by atoms with E-state index in [4.69, 9.17) is 4.52 Å². The van der Waals surface area contributed by atoms with Gasteiger partial charge < -0.3 is 9.63 Å². The first-order chi connectivity index (χ1) is 10.1. The molecule has 1 fully saturated rings. The van der Waals surface area contributed by atoms with E-state index in [0.29, 0.717) is 29.7 Å². The van der Waals surface area contributed by atoms with Crippen LogP contribution in [0, 0.1) is 5.92 Å². The van der Waals surface area contributed by atoms with Crippen molar-refractivity contribution in [3.8, 4) is 11.3 Å². The number of nitrogens with zero attached hydrogens (tertiary/aromatic N) is 1. The second kappa shape index (κ2) is 5.35. The molecule has 1 N–H and O–H groups in total. The van der Waals surface area contributed by atoms with Crippen LogP contribution in [0.4, 0.5) is 0 Å². The molecule has 1 aliphatic carbocycles. The second-order valence-electron chi connectivity index (χ2n) is 6.09. The summed E-state index contributed by atoms with van der Waals surface area (Å²) >= 11 is 0. The van der Waals surface area contributed by atoms with Crippen molar-refractivity contribution >= 4 is 5.97 Å². The van der Waals surface area contributed by atoms with Gasteiger partial charge in [-0.25, -0.2) is 4.79 Å². The highest BCUT2D eigenvalue weighted by Gasteiger charge is 2.30. The number of rotatable bonds is 5. The Balaban J connectivity index is 2.10. The summed E-state index contributed by atoms with van der Waals surface area (Å²) in [7, 11) is 0. The summed E-state index contributed by atoms with van der Waals surface area (Å²) in [6.07, 6.45) is 2.91. The lowest BCUT2D eigenvalue weighted by atomic mass is 9.96. The predicted molar refractivity (Wildman–Crippen MR) is 79.4 cm³/mol. The third kappa shape index (κ3) is 2.71. The van der Waals surface area contributed by atoms with Crippen molar-refractivity contribution in [3.63, 3.8) is 0 Å². The van der Waals surface area contributed by atoms with Crippen molar-refractivity contribution in [1.29, 1.82) is 0 Å². The predicted octanol–water partition coefficient (Wildman–Crippen LogP) is 4.12. The molecule has 0 atom stereocenters. The van der Waals surface area contributed by atoms with Gasteiger partial charge in [0.15, 0.2) is 5.76 Å². The quantitative estimate of drug-likeness (QED) is 0.897. The molecule has 2 aromatic rings. The number of benzene rings is 1. The molecule has 0 radical (unpaired) electrons. The second-order valence-corrected chi connectivity index (χ2v) is 6.09.